The molecule has 1 N–H and O–H groups in total. The Hall–Kier alpha value is -0.280. The average Bonchev–Trinajstić information content (AvgIpc) is 1.98. The molecule has 4 heteroatoms. The van der Waals surface area contributed by atoms with Crippen molar-refractivity contribution in [1.29, 1.82) is 0 Å². The second-order valence-electron chi connectivity index (χ2n) is 2.11. The van der Waals surface area contributed by atoms with Crippen LogP contribution in [-0.4, -0.2) is 47.4 Å². The second-order valence-corrected chi connectivity index (χ2v) is 2.45. The SMILES string of the molecule is CN1CC[N+](C)=C1Cl.[OH-]. The first kappa shape index (κ1) is 8.72. The summed E-state index contributed by atoms with van der Waals surface area (Å²) in [4.78, 5) is 2.03. The number of hydrogen-bond donors (Lipinski definition) is 0. The Morgan fingerprint density at radius 3 is 2.33 bits per heavy atom. The van der Waals surface area contributed by atoms with Gasteiger partial charge in [0.05, 0.1) is 14.1 Å². The summed E-state index contributed by atoms with van der Waals surface area (Å²) in [6.07, 6.45) is 0. The molecule has 0 saturated carbocycles. The van der Waals surface area contributed by atoms with Crippen molar-refractivity contribution in [2.45, 2.75) is 0 Å². The Morgan fingerprint density at radius 2 is 2.22 bits per heavy atom. The third kappa shape index (κ3) is 1.56. The van der Waals surface area contributed by atoms with E-state index in [0.717, 1.165) is 18.4 Å². The monoisotopic (exact) mass is 150 g/mol. The Bertz CT molecular complexity index is 135. The number of hydrogen-bond acceptors (Lipinski definition) is 2. The highest BCUT2D eigenvalue weighted by Gasteiger charge is 2.21. The van der Waals surface area contributed by atoms with Gasteiger partial charge in [-0.1, -0.05) is 0 Å². The minimum Gasteiger partial charge on any atom is -0.870 e. The maximum atomic E-state index is 5.78. The molecule has 0 aromatic heterocycles. The lowest BCUT2D eigenvalue weighted by molar-refractivity contribution is -0.484. The summed E-state index contributed by atoms with van der Waals surface area (Å²) in [5.41, 5.74) is 0. The largest absolute Gasteiger partial charge is 0.870 e. The standard InChI is InChI=1S/C5H10ClN2.H2O/c1-7-3-4-8(2)5(7)6;/h3-4H2,1-2H3;1H2/q+1;/p-1. The highest BCUT2D eigenvalue weighted by atomic mass is 35.5. The van der Waals surface area contributed by atoms with Crippen LogP contribution in [0.5, 0.6) is 0 Å². The molecule has 0 fully saturated rings. The summed E-state index contributed by atoms with van der Waals surface area (Å²) in [5.74, 6) is 0. The lowest BCUT2D eigenvalue weighted by Crippen LogP contribution is -2.18. The molecule has 0 amide bonds. The molecule has 3 nitrogen and oxygen atoms in total. The highest BCUT2D eigenvalue weighted by Crippen LogP contribution is 1.98. The second kappa shape index (κ2) is 3.03. The molecule has 9 heavy (non-hydrogen) atoms. The summed E-state index contributed by atoms with van der Waals surface area (Å²) in [5, 5.41) is 0.852. The van der Waals surface area contributed by atoms with E-state index in [4.69, 9.17) is 11.6 Å². The quantitative estimate of drug-likeness (QED) is 0.360. The molecule has 0 aliphatic carbocycles. The van der Waals surface area contributed by atoms with Gasteiger partial charge in [0, 0.05) is 11.6 Å². The van der Waals surface area contributed by atoms with Gasteiger partial charge in [0.25, 0.3) is 0 Å². The molecule has 0 unspecified atom stereocenters. The molecule has 0 saturated heterocycles. The van der Waals surface area contributed by atoms with Gasteiger partial charge < -0.3 is 5.48 Å². The van der Waals surface area contributed by atoms with Crippen molar-refractivity contribution in [3.63, 3.8) is 0 Å². The van der Waals surface area contributed by atoms with Crippen molar-refractivity contribution in [2.24, 2.45) is 0 Å². The van der Waals surface area contributed by atoms with Crippen LogP contribution in [0, 0.1) is 0 Å². The predicted octanol–water partition coefficient (Wildman–Crippen LogP) is -0.00790. The van der Waals surface area contributed by atoms with Crippen molar-refractivity contribution >= 4 is 16.9 Å². The van der Waals surface area contributed by atoms with E-state index in [1.807, 2.05) is 23.6 Å². The summed E-state index contributed by atoms with van der Waals surface area (Å²) >= 11 is 5.78. The van der Waals surface area contributed by atoms with Crippen molar-refractivity contribution in [3.8, 4) is 0 Å². The van der Waals surface area contributed by atoms with Gasteiger partial charge in [-0.05, 0) is 0 Å². The third-order valence-corrected chi connectivity index (χ3v) is 1.98. The average molecular weight is 151 g/mol. The van der Waals surface area contributed by atoms with Gasteiger partial charge >= 0.3 is 5.29 Å². The van der Waals surface area contributed by atoms with Gasteiger partial charge in [-0.3, -0.25) is 9.48 Å². The number of halogens is 1. The topological polar surface area (TPSA) is 36.2 Å². The maximum Gasteiger partial charge on any atom is 0.344 e. The fraction of sp³-hybridized carbons (Fsp3) is 0.800. The van der Waals surface area contributed by atoms with Crippen LogP contribution >= 0.6 is 11.6 Å². The van der Waals surface area contributed by atoms with Crippen molar-refractivity contribution in [1.82, 2.24) is 4.90 Å². The maximum absolute atomic E-state index is 5.78. The van der Waals surface area contributed by atoms with Crippen LogP contribution in [0.15, 0.2) is 0 Å². The minimum atomic E-state index is 0. The molecule has 0 aromatic rings. The van der Waals surface area contributed by atoms with Crippen LogP contribution in [0.1, 0.15) is 0 Å². The van der Waals surface area contributed by atoms with Gasteiger partial charge in [0.15, 0.2) is 0 Å². The molecular formula is C5H11ClN2O. The van der Waals surface area contributed by atoms with Crippen LogP contribution in [0.25, 0.3) is 0 Å². The predicted molar refractivity (Wildman–Crippen MR) is 36.5 cm³/mol. The Balaban J connectivity index is 0.000000640. The first-order valence-electron chi connectivity index (χ1n) is 2.66. The normalized spacial score (nSPS) is 18.3. The van der Waals surface area contributed by atoms with E-state index < -0.39 is 0 Å². The highest BCUT2D eigenvalue weighted by molar-refractivity contribution is 6.63. The smallest absolute Gasteiger partial charge is 0.344 e. The van der Waals surface area contributed by atoms with Gasteiger partial charge in [-0.25, -0.2) is 0 Å². The molecule has 1 aliphatic rings. The molecule has 1 aliphatic heterocycles. The molecule has 0 radical (unpaired) electrons. The first-order valence-corrected chi connectivity index (χ1v) is 3.04. The summed E-state index contributed by atoms with van der Waals surface area (Å²) < 4.78 is 2.03. The number of amidine groups is 1. The van der Waals surface area contributed by atoms with Gasteiger partial charge in [0.1, 0.15) is 13.1 Å². The molecule has 54 valence electrons. The van der Waals surface area contributed by atoms with E-state index in [1.54, 1.807) is 0 Å². The lowest BCUT2D eigenvalue weighted by Gasteiger charge is -1.95. The fourth-order valence-electron chi connectivity index (χ4n) is 0.776. The van der Waals surface area contributed by atoms with Gasteiger partial charge in [-0.15, -0.1) is 0 Å². The molecule has 0 bridgehead atoms. The summed E-state index contributed by atoms with van der Waals surface area (Å²) in [7, 11) is 3.98. The molecule has 1 rings (SSSR count). The van der Waals surface area contributed by atoms with Crippen LogP contribution in [0.3, 0.4) is 0 Å². The van der Waals surface area contributed by atoms with Crippen molar-refractivity contribution in [2.75, 3.05) is 27.2 Å². The van der Waals surface area contributed by atoms with Crippen LogP contribution in [0.2, 0.25) is 0 Å². The first-order chi connectivity index (χ1) is 3.72. The Labute approximate surface area is 59.8 Å². The number of likely N-dealkylation sites (N-methyl/N-ethyl adjacent to an activating group) is 2. The minimum absolute atomic E-state index is 0. The number of nitrogens with zero attached hydrogens (tertiary/aromatic N) is 2. The van der Waals surface area contributed by atoms with E-state index in [9.17, 15) is 0 Å². The lowest BCUT2D eigenvalue weighted by atomic mass is 10.6. The fourth-order valence-corrected chi connectivity index (χ4v) is 0.945. The third-order valence-electron chi connectivity index (χ3n) is 1.40. The van der Waals surface area contributed by atoms with Crippen LogP contribution in [0.4, 0.5) is 0 Å². The Morgan fingerprint density at radius 1 is 1.67 bits per heavy atom. The molecule has 1 heterocycles. The zero-order chi connectivity index (χ0) is 6.15. The van der Waals surface area contributed by atoms with E-state index >= 15 is 0 Å². The molecule has 0 spiro atoms. The van der Waals surface area contributed by atoms with Crippen LogP contribution < -0.4 is 0 Å². The molecule has 0 atom stereocenters. The van der Waals surface area contributed by atoms with Crippen molar-refractivity contribution < 1.29 is 10.1 Å². The number of rotatable bonds is 0. The van der Waals surface area contributed by atoms with E-state index in [1.165, 1.54) is 0 Å². The zero-order valence-corrected chi connectivity index (χ0v) is 6.39. The van der Waals surface area contributed by atoms with Gasteiger partial charge in [-0.2, -0.15) is 0 Å². The van der Waals surface area contributed by atoms with Crippen LogP contribution in [-0.2, 0) is 0 Å². The van der Waals surface area contributed by atoms with E-state index in [-0.39, 0.29) is 5.48 Å². The Kier molecular flexibility index (Phi) is 2.94. The van der Waals surface area contributed by atoms with E-state index in [2.05, 4.69) is 0 Å². The summed E-state index contributed by atoms with van der Waals surface area (Å²) in [6, 6.07) is 0. The van der Waals surface area contributed by atoms with Gasteiger partial charge in [0.2, 0.25) is 0 Å². The zero-order valence-electron chi connectivity index (χ0n) is 5.63. The van der Waals surface area contributed by atoms with Crippen molar-refractivity contribution in [3.05, 3.63) is 0 Å². The summed E-state index contributed by atoms with van der Waals surface area (Å²) in [6.45, 7) is 2.10. The molecule has 0 aromatic carbocycles. The van der Waals surface area contributed by atoms with E-state index in [0.29, 0.717) is 0 Å². The molecular weight excluding hydrogens is 140 g/mol.